The maximum atomic E-state index is 9.11. The SMILES string of the molecule is CCC1CCCC(NC2CCCC2C#N)CC1. The highest BCUT2D eigenvalue weighted by atomic mass is 15.0. The van der Waals surface area contributed by atoms with Crippen LogP contribution in [0, 0.1) is 23.2 Å². The second kappa shape index (κ2) is 6.40. The Morgan fingerprint density at radius 1 is 1.06 bits per heavy atom. The Morgan fingerprint density at radius 3 is 2.65 bits per heavy atom. The third-order valence-electron chi connectivity index (χ3n) is 4.80. The second-order valence-electron chi connectivity index (χ2n) is 5.92. The van der Waals surface area contributed by atoms with E-state index in [2.05, 4.69) is 18.3 Å². The molecular weight excluding hydrogens is 208 g/mol. The van der Waals surface area contributed by atoms with Crippen LogP contribution >= 0.6 is 0 Å². The molecule has 4 atom stereocenters. The predicted octanol–water partition coefficient (Wildman–Crippen LogP) is 3.63. The molecule has 1 N–H and O–H groups in total. The van der Waals surface area contributed by atoms with Crippen molar-refractivity contribution in [1.29, 1.82) is 5.26 Å². The van der Waals surface area contributed by atoms with Crippen molar-refractivity contribution < 1.29 is 0 Å². The first-order valence-electron chi connectivity index (χ1n) is 7.49. The summed E-state index contributed by atoms with van der Waals surface area (Å²) in [7, 11) is 0. The van der Waals surface area contributed by atoms with Crippen LogP contribution < -0.4 is 5.32 Å². The van der Waals surface area contributed by atoms with Crippen LogP contribution in [0.3, 0.4) is 0 Å². The van der Waals surface area contributed by atoms with E-state index in [0.717, 1.165) is 12.3 Å². The van der Waals surface area contributed by atoms with Crippen LogP contribution in [0.4, 0.5) is 0 Å². The molecule has 96 valence electrons. The molecule has 0 bridgehead atoms. The zero-order valence-electron chi connectivity index (χ0n) is 11.1. The minimum Gasteiger partial charge on any atom is -0.310 e. The molecule has 0 heterocycles. The molecule has 0 radical (unpaired) electrons. The van der Waals surface area contributed by atoms with E-state index in [1.54, 1.807) is 0 Å². The molecule has 0 aromatic heterocycles. The molecule has 2 aliphatic rings. The minimum absolute atomic E-state index is 0.278. The maximum absolute atomic E-state index is 9.11. The first-order valence-corrected chi connectivity index (χ1v) is 7.49. The number of hydrogen-bond donors (Lipinski definition) is 1. The average molecular weight is 234 g/mol. The summed E-state index contributed by atoms with van der Waals surface area (Å²) >= 11 is 0. The van der Waals surface area contributed by atoms with Gasteiger partial charge in [-0.05, 0) is 38.0 Å². The maximum Gasteiger partial charge on any atom is 0.0672 e. The second-order valence-corrected chi connectivity index (χ2v) is 5.92. The van der Waals surface area contributed by atoms with E-state index in [-0.39, 0.29) is 5.92 Å². The molecule has 0 aliphatic heterocycles. The summed E-state index contributed by atoms with van der Waals surface area (Å²) in [6.45, 7) is 2.32. The van der Waals surface area contributed by atoms with Crippen molar-refractivity contribution in [3.63, 3.8) is 0 Å². The van der Waals surface area contributed by atoms with Crippen molar-refractivity contribution in [2.24, 2.45) is 11.8 Å². The third kappa shape index (κ3) is 3.45. The van der Waals surface area contributed by atoms with Gasteiger partial charge >= 0.3 is 0 Å². The fraction of sp³-hybridized carbons (Fsp3) is 0.933. The van der Waals surface area contributed by atoms with Gasteiger partial charge in [-0.25, -0.2) is 0 Å². The van der Waals surface area contributed by atoms with Crippen LogP contribution in [0.15, 0.2) is 0 Å². The lowest BCUT2D eigenvalue weighted by molar-refractivity contribution is 0.362. The van der Waals surface area contributed by atoms with Crippen molar-refractivity contribution in [1.82, 2.24) is 5.32 Å². The summed E-state index contributed by atoms with van der Waals surface area (Å²) in [6.07, 6.45) is 11.7. The van der Waals surface area contributed by atoms with Gasteiger partial charge in [0, 0.05) is 12.1 Å². The summed E-state index contributed by atoms with van der Waals surface area (Å²) in [5.74, 6) is 1.23. The lowest BCUT2D eigenvalue weighted by atomic mass is 9.97. The number of hydrogen-bond acceptors (Lipinski definition) is 2. The zero-order chi connectivity index (χ0) is 12.1. The van der Waals surface area contributed by atoms with Crippen LogP contribution in [0.5, 0.6) is 0 Å². The summed E-state index contributed by atoms with van der Waals surface area (Å²) in [5, 5.41) is 12.9. The van der Waals surface area contributed by atoms with Gasteiger partial charge < -0.3 is 5.32 Å². The molecular formula is C15H26N2. The summed E-state index contributed by atoms with van der Waals surface area (Å²) in [5.41, 5.74) is 0. The molecule has 2 nitrogen and oxygen atoms in total. The Kier molecular flexibility index (Phi) is 4.86. The number of nitrogens with zero attached hydrogens (tertiary/aromatic N) is 1. The van der Waals surface area contributed by atoms with Gasteiger partial charge in [-0.2, -0.15) is 5.26 Å². The Labute approximate surface area is 106 Å². The fourth-order valence-corrected chi connectivity index (χ4v) is 3.57. The predicted molar refractivity (Wildman–Crippen MR) is 70.5 cm³/mol. The Bertz CT molecular complexity index is 269. The largest absolute Gasteiger partial charge is 0.310 e. The highest BCUT2D eigenvalue weighted by molar-refractivity contribution is 4.97. The van der Waals surface area contributed by atoms with Crippen LogP contribution in [0.2, 0.25) is 0 Å². The van der Waals surface area contributed by atoms with Crippen molar-refractivity contribution >= 4 is 0 Å². The third-order valence-corrected chi connectivity index (χ3v) is 4.80. The number of rotatable bonds is 3. The lowest BCUT2D eigenvalue weighted by Gasteiger charge is -2.23. The van der Waals surface area contributed by atoms with Crippen molar-refractivity contribution in [2.45, 2.75) is 76.8 Å². The Balaban J connectivity index is 1.81. The van der Waals surface area contributed by atoms with E-state index in [1.807, 2.05) is 0 Å². The van der Waals surface area contributed by atoms with E-state index >= 15 is 0 Å². The van der Waals surface area contributed by atoms with Crippen LogP contribution in [-0.2, 0) is 0 Å². The molecule has 0 amide bonds. The summed E-state index contributed by atoms with van der Waals surface area (Å²) in [4.78, 5) is 0. The first kappa shape index (κ1) is 12.9. The Hall–Kier alpha value is -0.550. The van der Waals surface area contributed by atoms with E-state index < -0.39 is 0 Å². The van der Waals surface area contributed by atoms with Gasteiger partial charge in [-0.1, -0.05) is 32.6 Å². The smallest absolute Gasteiger partial charge is 0.0672 e. The zero-order valence-corrected chi connectivity index (χ0v) is 11.1. The molecule has 2 fully saturated rings. The molecule has 2 rings (SSSR count). The molecule has 0 spiro atoms. The first-order chi connectivity index (χ1) is 8.33. The van der Waals surface area contributed by atoms with Gasteiger partial charge in [0.1, 0.15) is 0 Å². The molecule has 2 saturated carbocycles. The molecule has 0 aromatic rings. The average Bonchev–Trinajstić information content (AvgIpc) is 2.67. The molecule has 17 heavy (non-hydrogen) atoms. The lowest BCUT2D eigenvalue weighted by Crippen LogP contribution is -2.39. The fourth-order valence-electron chi connectivity index (χ4n) is 3.57. The number of nitrogens with one attached hydrogen (secondary N) is 1. The summed E-state index contributed by atoms with van der Waals surface area (Å²) in [6, 6.07) is 3.65. The highest BCUT2D eigenvalue weighted by Crippen LogP contribution is 2.29. The minimum atomic E-state index is 0.278. The standard InChI is InChI=1S/C15H26N2/c1-2-12-5-3-7-14(10-9-12)17-15-8-4-6-13(15)11-16/h12-15,17H,2-10H2,1H3. The van der Waals surface area contributed by atoms with Crippen molar-refractivity contribution in [3.8, 4) is 6.07 Å². The number of nitriles is 1. The van der Waals surface area contributed by atoms with Crippen molar-refractivity contribution in [2.75, 3.05) is 0 Å². The molecule has 0 aromatic carbocycles. The normalized spacial score (nSPS) is 38.6. The monoisotopic (exact) mass is 234 g/mol. The van der Waals surface area contributed by atoms with Gasteiger partial charge in [-0.3, -0.25) is 0 Å². The summed E-state index contributed by atoms with van der Waals surface area (Å²) < 4.78 is 0. The highest BCUT2D eigenvalue weighted by Gasteiger charge is 2.29. The van der Waals surface area contributed by atoms with E-state index in [0.29, 0.717) is 12.1 Å². The van der Waals surface area contributed by atoms with Crippen LogP contribution in [0.1, 0.15) is 64.7 Å². The molecule has 0 saturated heterocycles. The van der Waals surface area contributed by atoms with Gasteiger partial charge in [0.05, 0.1) is 12.0 Å². The molecule has 2 heteroatoms. The van der Waals surface area contributed by atoms with Crippen LogP contribution in [-0.4, -0.2) is 12.1 Å². The van der Waals surface area contributed by atoms with Crippen LogP contribution in [0.25, 0.3) is 0 Å². The Morgan fingerprint density at radius 2 is 1.88 bits per heavy atom. The molecule has 2 aliphatic carbocycles. The van der Waals surface area contributed by atoms with E-state index in [4.69, 9.17) is 5.26 Å². The van der Waals surface area contributed by atoms with E-state index in [1.165, 1.54) is 51.4 Å². The molecule has 4 unspecified atom stereocenters. The quantitative estimate of drug-likeness (QED) is 0.757. The van der Waals surface area contributed by atoms with Gasteiger partial charge in [0.15, 0.2) is 0 Å². The van der Waals surface area contributed by atoms with Gasteiger partial charge in [-0.15, -0.1) is 0 Å². The van der Waals surface area contributed by atoms with E-state index in [9.17, 15) is 0 Å². The van der Waals surface area contributed by atoms with Gasteiger partial charge in [0.2, 0.25) is 0 Å². The van der Waals surface area contributed by atoms with Gasteiger partial charge in [0.25, 0.3) is 0 Å². The topological polar surface area (TPSA) is 35.8 Å². The van der Waals surface area contributed by atoms with Crippen molar-refractivity contribution in [3.05, 3.63) is 0 Å².